The number of methoxy groups -OCH3 is 1. The van der Waals surface area contributed by atoms with Gasteiger partial charge in [0.2, 0.25) is 0 Å². The Kier molecular flexibility index (Phi) is 7.62. The number of rotatable bonds is 10. The molecule has 0 bridgehead atoms. The van der Waals surface area contributed by atoms with Crippen molar-refractivity contribution < 1.29 is 23.9 Å². The molecule has 0 heterocycles. The SMILES string of the molecule is CCCOc1ccc(CNC(=O)C(C)Oc2ccc([N+](=O)[O-])cc2)cc1OC. The zero-order valence-electron chi connectivity index (χ0n) is 16.1. The zero-order valence-corrected chi connectivity index (χ0v) is 16.1. The number of carbonyl (C=O) groups excluding carboxylic acids is 1. The lowest BCUT2D eigenvalue weighted by Crippen LogP contribution is -2.35. The van der Waals surface area contributed by atoms with Crippen molar-refractivity contribution >= 4 is 11.6 Å². The van der Waals surface area contributed by atoms with Crippen molar-refractivity contribution in [3.63, 3.8) is 0 Å². The minimum atomic E-state index is -0.754. The van der Waals surface area contributed by atoms with Crippen molar-refractivity contribution in [1.82, 2.24) is 5.32 Å². The van der Waals surface area contributed by atoms with Gasteiger partial charge >= 0.3 is 0 Å². The van der Waals surface area contributed by atoms with Crippen LogP contribution in [0, 0.1) is 10.1 Å². The molecule has 0 fully saturated rings. The van der Waals surface area contributed by atoms with Crippen LogP contribution in [0.25, 0.3) is 0 Å². The van der Waals surface area contributed by atoms with Crippen molar-refractivity contribution in [2.75, 3.05) is 13.7 Å². The second-order valence-electron chi connectivity index (χ2n) is 6.06. The summed E-state index contributed by atoms with van der Waals surface area (Å²) in [7, 11) is 1.57. The number of nitrogens with zero attached hydrogens (tertiary/aromatic N) is 1. The number of non-ortho nitro benzene ring substituents is 1. The Morgan fingerprint density at radius 1 is 1.18 bits per heavy atom. The Bertz CT molecular complexity index is 807. The van der Waals surface area contributed by atoms with E-state index in [1.165, 1.54) is 24.3 Å². The van der Waals surface area contributed by atoms with Gasteiger partial charge in [-0.2, -0.15) is 0 Å². The third kappa shape index (κ3) is 5.87. The Hall–Kier alpha value is -3.29. The smallest absolute Gasteiger partial charge is 0.269 e. The van der Waals surface area contributed by atoms with Gasteiger partial charge in [-0.3, -0.25) is 14.9 Å². The number of carbonyl (C=O) groups is 1. The molecule has 1 unspecified atom stereocenters. The maximum absolute atomic E-state index is 12.3. The first-order valence-electron chi connectivity index (χ1n) is 8.93. The lowest BCUT2D eigenvalue weighted by atomic mass is 10.2. The van der Waals surface area contributed by atoms with E-state index >= 15 is 0 Å². The van der Waals surface area contributed by atoms with E-state index < -0.39 is 11.0 Å². The number of hydrogen-bond acceptors (Lipinski definition) is 6. The molecule has 8 heteroatoms. The molecule has 1 amide bonds. The molecule has 2 aromatic carbocycles. The molecule has 0 saturated carbocycles. The Balaban J connectivity index is 1.90. The van der Waals surface area contributed by atoms with Crippen LogP contribution in [0.5, 0.6) is 17.2 Å². The summed E-state index contributed by atoms with van der Waals surface area (Å²) in [5.74, 6) is 1.35. The average Bonchev–Trinajstić information content (AvgIpc) is 2.70. The molecular formula is C20H24N2O6. The molecule has 0 radical (unpaired) electrons. The number of hydrogen-bond donors (Lipinski definition) is 1. The third-order valence-corrected chi connectivity index (χ3v) is 3.89. The van der Waals surface area contributed by atoms with Crippen molar-refractivity contribution in [1.29, 1.82) is 0 Å². The van der Waals surface area contributed by atoms with Crippen LogP contribution in [0.15, 0.2) is 42.5 Å². The predicted octanol–water partition coefficient (Wildman–Crippen LogP) is 3.48. The zero-order chi connectivity index (χ0) is 20.5. The average molecular weight is 388 g/mol. The lowest BCUT2D eigenvalue weighted by Gasteiger charge is -2.15. The minimum absolute atomic E-state index is 0.0373. The van der Waals surface area contributed by atoms with Crippen LogP contribution in [0.1, 0.15) is 25.8 Å². The van der Waals surface area contributed by atoms with E-state index in [2.05, 4.69) is 5.32 Å². The molecule has 150 valence electrons. The van der Waals surface area contributed by atoms with Crippen LogP contribution in [-0.4, -0.2) is 30.7 Å². The highest BCUT2D eigenvalue weighted by molar-refractivity contribution is 5.80. The fourth-order valence-corrected chi connectivity index (χ4v) is 2.39. The standard InChI is InChI=1S/C20H24N2O6/c1-4-11-27-18-10-5-15(12-19(18)26-3)13-21-20(23)14(2)28-17-8-6-16(7-9-17)22(24)25/h5-10,12,14H,4,11,13H2,1-3H3,(H,21,23). The fraction of sp³-hybridized carbons (Fsp3) is 0.350. The molecule has 1 N–H and O–H groups in total. The molecule has 8 nitrogen and oxygen atoms in total. The number of amides is 1. The summed E-state index contributed by atoms with van der Waals surface area (Å²) in [4.78, 5) is 22.4. The second-order valence-corrected chi connectivity index (χ2v) is 6.06. The monoisotopic (exact) mass is 388 g/mol. The largest absolute Gasteiger partial charge is 0.493 e. The van der Waals surface area contributed by atoms with Gasteiger partial charge in [-0.15, -0.1) is 0 Å². The number of nitro benzene ring substituents is 1. The fourth-order valence-electron chi connectivity index (χ4n) is 2.39. The summed E-state index contributed by atoms with van der Waals surface area (Å²) in [5.41, 5.74) is 0.821. The van der Waals surface area contributed by atoms with Crippen LogP contribution in [0.4, 0.5) is 5.69 Å². The molecule has 0 aliphatic rings. The highest BCUT2D eigenvalue weighted by Gasteiger charge is 2.15. The van der Waals surface area contributed by atoms with Gasteiger partial charge in [-0.25, -0.2) is 0 Å². The number of nitro groups is 1. The van der Waals surface area contributed by atoms with Crippen molar-refractivity contribution in [3.05, 3.63) is 58.1 Å². The summed E-state index contributed by atoms with van der Waals surface area (Å²) in [5, 5.41) is 13.5. The van der Waals surface area contributed by atoms with E-state index in [1.54, 1.807) is 14.0 Å². The Morgan fingerprint density at radius 3 is 2.50 bits per heavy atom. The number of nitrogens with one attached hydrogen (secondary N) is 1. The predicted molar refractivity (Wildman–Crippen MR) is 104 cm³/mol. The van der Waals surface area contributed by atoms with Gasteiger partial charge in [0.05, 0.1) is 18.6 Å². The molecule has 2 rings (SSSR count). The van der Waals surface area contributed by atoms with E-state index in [9.17, 15) is 14.9 Å². The molecule has 0 aromatic heterocycles. The van der Waals surface area contributed by atoms with E-state index in [-0.39, 0.29) is 11.6 Å². The van der Waals surface area contributed by atoms with Gasteiger partial charge < -0.3 is 19.5 Å². The molecule has 0 saturated heterocycles. The highest BCUT2D eigenvalue weighted by Crippen LogP contribution is 2.28. The Labute approximate surface area is 163 Å². The van der Waals surface area contributed by atoms with Crippen LogP contribution < -0.4 is 19.5 Å². The van der Waals surface area contributed by atoms with Gasteiger partial charge in [-0.05, 0) is 43.2 Å². The summed E-state index contributed by atoms with van der Waals surface area (Å²) >= 11 is 0. The topological polar surface area (TPSA) is 99.9 Å². The summed E-state index contributed by atoms with van der Waals surface area (Å²) < 4.78 is 16.5. The molecule has 2 aromatic rings. The van der Waals surface area contributed by atoms with Crippen LogP contribution in [0.3, 0.4) is 0 Å². The van der Waals surface area contributed by atoms with Gasteiger partial charge in [0, 0.05) is 18.7 Å². The van der Waals surface area contributed by atoms with Crippen molar-refractivity contribution in [3.8, 4) is 17.2 Å². The van der Waals surface area contributed by atoms with Gasteiger partial charge in [-0.1, -0.05) is 13.0 Å². The van der Waals surface area contributed by atoms with Crippen molar-refractivity contribution in [2.45, 2.75) is 32.9 Å². The first kappa shape index (κ1) is 21.0. The lowest BCUT2D eigenvalue weighted by molar-refractivity contribution is -0.384. The second kappa shape index (κ2) is 10.1. The molecule has 0 spiro atoms. The van der Waals surface area contributed by atoms with E-state index in [1.807, 2.05) is 25.1 Å². The molecule has 28 heavy (non-hydrogen) atoms. The van der Waals surface area contributed by atoms with Crippen molar-refractivity contribution in [2.24, 2.45) is 0 Å². The third-order valence-electron chi connectivity index (χ3n) is 3.89. The molecule has 0 aliphatic heterocycles. The highest BCUT2D eigenvalue weighted by atomic mass is 16.6. The minimum Gasteiger partial charge on any atom is -0.493 e. The Morgan fingerprint density at radius 2 is 1.89 bits per heavy atom. The summed E-state index contributed by atoms with van der Waals surface area (Å²) in [6.07, 6.45) is 0.142. The molecule has 0 aliphatic carbocycles. The van der Waals surface area contributed by atoms with E-state index in [4.69, 9.17) is 14.2 Å². The quantitative estimate of drug-likeness (QED) is 0.494. The molecular weight excluding hydrogens is 364 g/mol. The normalized spacial score (nSPS) is 11.4. The van der Waals surface area contributed by atoms with E-state index in [0.29, 0.717) is 30.4 Å². The van der Waals surface area contributed by atoms with Gasteiger partial charge in [0.15, 0.2) is 17.6 Å². The van der Waals surface area contributed by atoms with Crippen LogP contribution >= 0.6 is 0 Å². The summed E-state index contributed by atoms with van der Waals surface area (Å²) in [6.45, 7) is 4.54. The first-order valence-corrected chi connectivity index (χ1v) is 8.93. The maximum atomic E-state index is 12.3. The summed E-state index contributed by atoms with van der Waals surface area (Å²) in [6, 6.07) is 11.1. The first-order chi connectivity index (χ1) is 13.4. The molecule has 1 atom stereocenters. The van der Waals surface area contributed by atoms with Crippen LogP contribution in [0.2, 0.25) is 0 Å². The van der Waals surface area contributed by atoms with E-state index in [0.717, 1.165) is 12.0 Å². The van der Waals surface area contributed by atoms with Gasteiger partial charge in [0.1, 0.15) is 5.75 Å². The van der Waals surface area contributed by atoms with Gasteiger partial charge in [0.25, 0.3) is 11.6 Å². The number of ether oxygens (including phenoxy) is 3. The maximum Gasteiger partial charge on any atom is 0.269 e. The number of benzene rings is 2. The van der Waals surface area contributed by atoms with Crippen LogP contribution in [-0.2, 0) is 11.3 Å².